The van der Waals surface area contributed by atoms with Crippen LogP contribution in [0.25, 0.3) is 0 Å². The first-order valence-corrected chi connectivity index (χ1v) is 19.6. The van der Waals surface area contributed by atoms with E-state index in [1.165, 1.54) is 14.2 Å². The average molecular weight is 1010 g/mol. The first-order chi connectivity index (χ1) is 25.7. The third kappa shape index (κ3) is 7.72. The smallest absolute Gasteiger partial charge is 0.269 e. The van der Waals surface area contributed by atoms with E-state index in [4.69, 9.17) is 30.6 Å². The number of nitrogens with zero attached hydrogens (tertiary/aromatic N) is 4. The number of aromatic nitrogens is 4. The lowest BCUT2D eigenvalue weighted by atomic mass is 9.87. The molecule has 22 heteroatoms. The molecule has 2 aromatic heterocycles. The Morgan fingerprint density at radius 1 is 0.907 bits per heavy atom. The molecule has 0 fully saturated rings. The van der Waals surface area contributed by atoms with Gasteiger partial charge in [-0.25, -0.2) is 9.97 Å². The molecule has 0 bridgehead atoms. The van der Waals surface area contributed by atoms with Crippen molar-refractivity contribution in [3.05, 3.63) is 64.9 Å². The third-order valence-corrected chi connectivity index (χ3v) is 12.0. The zero-order valence-electron chi connectivity index (χ0n) is 28.7. The van der Waals surface area contributed by atoms with Crippen LogP contribution < -0.4 is 22.1 Å². The maximum Gasteiger partial charge on any atom is 0.269 e. The number of carbonyl (C=O) groups is 2. The Morgan fingerprint density at radius 3 is 1.94 bits per heavy atom. The minimum absolute atomic E-state index is 0.0146. The van der Waals surface area contributed by atoms with E-state index >= 15 is 0 Å². The fourth-order valence-corrected chi connectivity index (χ4v) is 10.1. The molecule has 10 N–H and O–H groups in total. The molecule has 0 radical (unpaired) electrons. The number of hydrogen-bond acceptors (Lipinski definition) is 14. The van der Waals surface area contributed by atoms with E-state index in [-0.39, 0.29) is 49.3 Å². The van der Waals surface area contributed by atoms with Crippen molar-refractivity contribution in [1.29, 1.82) is 0 Å². The highest BCUT2D eigenvalue weighted by molar-refractivity contribution is 9.12. The fourth-order valence-electron chi connectivity index (χ4n) is 6.53. The van der Waals surface area contributed by atoms with Gasteiger partial charge < -0.3 is 61.4 Å². The van der Waals surface area contributed by atoms with E-state index < -0.39 is 41.1 Å². The SMILES string of the molecule is COC1=C(Br)[C@H](O)[C@@]2(C=C1Br)CC(C(=O)NCCCc1[nH]c(N)nc1[C@@H](CCNC(=O)C1=NO[C@]3(C=C(Br)C(OC)=C(Br)[C@@H]3O)C1)c1cnc(N)[nH]1)=NO2. The summed E-state index contributed by atoms with van der Waals surface area (Å²) in [7, 11) is 2.95. The van der Waals surface area contributed by atoms with Crippen molar-refractivity contribution in [1.82, 2.24) is 30.6 Å². The molecule has 54 heavy (non-hydrogen) atoms. The predicted octanol–water partition coefficient (Wildman–Crippen LogP) is 2.83. The van der Waals surface area contributed by atoms with Crippen LogP contribution in [-0.4, -0.2) is 104 Å². The van der Waals surface area contributed by atoms with Gasteiger partial charge in [-0.2, -0.15) is 0 Å². The lowest BCUT2D eigenvalue weighted by Gasteiger charge is -2.33. The maximum absolute atomic E-state index is 13.2. The Morgan fingerprint density at radius 2 is 1.44 bits per heavy atom. The van der Waals surface area contributed by atoms with Crippen LogP contribution in [-0.2, 0) is 35.2 Å². The zero-order valence-corrected chi connectivity index (χ0v) is 35.1. The first-order valence-electron chi connectivity index (χ1n) is 16.4. The molecule has 2 spiro atoms. The quantitative estimate of drug-likeness (QED) is 0.135. The number of halogens is 4. The van der Waals surface area contributed by atoms with Crippen LogP contribution in [0.4, 0.5) is 11.9 Å². The number of imidazole rings is 2. The fraction of sp³-hybridized carbons (Fsp3) is 0.438. The van der Waals surface area contributed by atoms with Gasteiger partial charge in [-0.3, -0.25) is 9.59 Å². The molecule has 0 unspecified atom stereocenters. The molecule has 4 aliphatic rings. The highest BCUT2D eigenvalue weighted by Gasteiger charge is 2.52. The minimum Gasteiger partial charge on any atom is -0.495 e. The number of nitrogens with two attached hydrogens (primary N) is 2. The number of oxime groups is 2. The Labute approximate surface area is 341 Å². The summed E-state index contributed by atoms with van der Waals surface area (Å²) < 4.78 is 12.5. The lowest BCUT2D eigenvalue weighted by molar-refractivity contribution is -0.115. The number of rotatable bonds is 13. The summed E-state index contributed by atoms with van der Waals surface area (Å²) in [4.78, 5) is 52.4. The number of hydrogen-bond donors (Lipinski definition) is 8. The van der Waals surface area contributed by atoms with Gasteiger partial charge in [0.1, 0.15) is 35.1 Å². The summed E-state index contributed by atoms with van der Waals surface area (Å²) >= 11 is 13.6. The van der Waals surface area contributed by atoms with Crippen LogP contribution in [0, 0.1) is 0 Å². The first kappa shape index (κ1) is 40.0. The molecule has 2 aromatic rings. The van der Waals surface area contributed by atoms with Gasteiger partial charge in [0, 0.05) is 43.2 Å². The molecular formula is C32H36Br4N10O8. The van der Waals surface area contributed by atoms with Gasteiger partial charge in [0.15, 0.2) is 23.1 Å². The van der Waals surface area contributed by atoms with Crippen molar-refractivity contribution < 1.29 is 39.0 Å². The van der Waals surface area contributed by atoms with Gasteiger partial charge in [0.2, 0.25) is 0 Å². The van der Waals surface area contributed by atoms with Crippen LogP contribution >= 0.6 is 63.7 Å². The van der Waals surface area contributed by atoms with Crippen molar-refractivity contribution in [2.75, 3.05) is 38.8 Å². The van der Waals surface area contributed by atoms with E-state index in [2.05, 4.69) is 105 Å². The highest BCUT2D eigenvalue weighted by atomic mass is 79.9. The van der Waals surface area contributed by atoms with Crippen LogP contribution in [0.5, 0.6) is 0 Å². The molecule has 2 aliphatic heterocycles. The second-order valence-electron chi connectivity index (χ2n) is 12.7. The minimum atomic E-state index is -1.29. The molecule has 2 amide bonds. The van der Waals surface area contributed by atoms with E-state index in [1.807, 2.05) is 0 Å². The monoisotopic (exact) mass is 1000 g/mol. The second-order valence-corrected chi connectivity index (χ2v) is 16.2. The van der Waals surface area contributed by atoms with Crippen molar-refractivity contribution in [3.63, 3.8) is 0 Å². The van der Waals surface area contributed by atoms with E-state index in [1.54, 1.807) is 18.3 Å². The second kappa shape index (κ2) is 16.2. The number of aryl methyl sites for hydroxylation is 1. The number of aliphatic hydroxyl groups is 2. The molecule has 0 saturated carbocycles. The van der Waals surface area contributed by atoms with Crippen LogP contribution in [0.1, 0.15) is 48.7 Å². The van der Waals surface area contributed by atoms with Gasteiger partial charge in [-0.15, -0.1) is 0 Å². The van der Waals surface area contributed by atoms with E-state index in [0.717, 1.165) is 5.69 Å². The Bertz CT molecular complexity index is 2030. The summed E-state index contributed by atoms with van der Waals surface area (Å²) in [5.74, 6) is -0.0675. The zero-order chi connectivity index (χ0) is 38.9. The number of aliphatic hydroxyl groups excluding tert-OH is 2. The molecule has 18 nitrogen and oxygen atoms in total. The van der Waals surface area contributed by atoms with E-state index in [9.17, 15) is 19.8 Å². The molecule has 290 valence electrons. The van der Waals surface area contributed by atoms with Crippen molar-refractivity contribution >= 4 is 98.9 Å². The number of amides is 2. The number of anilines is 2. The maximum atomic E-state index is 13.2. The summed E-state index contributed by atoms with van der Waals surface area (Å²) in [5, 5.41) is 35.6. The molecule has 0 saturated heterocycles. The molecule has 0 aromatic carbocycles. The molecular weight excluding hydrogens is 972 g/mol. The highest BCUT2D eigenvalue weighted by Crippen LogP contribution is 2.45. The largest absolute Gasteiger partial charge is 0.495 e. The predicted molar refractivity (Wildman–Crippen MR) is 210 cm³/mol. The number of methoxy groups -OCH3 is 2. The van der Waals surface area contributed by atoms with Crippen molar-refractivity contribution in [2.45, 2.75) is 61.4 Å². The van der Waals surface area contributed by atoms with Gasteiger partial charge in [-0.05, 0) is 95.1 Å². The number of allylic oxidation sites excluding steroid dienone is 2. The summed E-state index contributed by atoms with van der Waals surface area (Å²) in [5.41, 5.74) is 11.7. The van der Waals surface area contributed by atoms with Gasteiger partial charge in [0.05, 0.1) is 44.0 Å². The number of ether oxygens (including phenoxy) is 2. The van der Waals surface area contributed by atoms with E-state index in [0.29, 0.717) is 60.1 Å². The Hall–Kier alpha value is -3.70. The topological polar surface area (TPSA) is 270 Å². The van der Waals surface area contributed by atoms with Gasteiger partial charge in [0.25, 0.3) is 11.8 Å². The van der Waals surface area contributed by atoms with Crippen molar-refractivity contribution in [3.8, 4) is 0 Å². The summed E-state index contributed by atoms with van der Waals surface area (Å²) in [6.45, 7) is 0.479. The number of aromatic amines is 2. The standard InChI is InChI=1S/C32H36Br4N10O8/c1-51-23-14(33)8-31(25(47)20(23)35)10-17(45-53-31)27(49)39-6-3-4-16-22(44-30(38)42-16)13(19-12-41-29(37)43-19)5-7-40-28(50)18-11-32(54-46-18)9-15(34)24(52-2)21(36)26(32)48/h8-9,12-13,25-26,47-48H,3-7,10-11H2,1-2H3,(H,39,49)(H,40,50)(H3,37,41,43)(H3,38,42,44)/t13-,25-,26-,31+,32+/m0/s1. The molecule has 2 aliphatic carbocycles. The Balaban J connectivity index is 1.05. The molecule has 5 atom stereocenters. The Kier molecular flexibility index (Phi) is 12.0. The van der Waals surface area contributed by atoms with Crippen LogP contribution in [0.3, 0.4) is 0 Å². The van der Waals surface area contributed by atoms with Gasteiger partial charge in [-0.1, -0.05) is 10.3 Å². The number of carbonyl (C=O) groups excluding carboxylic acids is 2. The van der Waals surface area contributed by atoms with Crippen molar-refractivity contribution in [2.24, 2.45) is 10.3 Å². The van der Waals surface area contributed by atoms with Crippen LogP contribution in [0.15, 0.2) is 58.1 Å². The summed E-state index contributed by atoms with van der Waals surface area (Å²) in [6, 6.07) is 0. The van der Waals surface area contributed by atoms with Gasteiger partial charge >= 0.3 is 0 Å². The normalized spacial score (nSPS) is 25.5. The number of nitrogens with one attached hydrogen (secondary N) is 4. The molecule has 4 heterocycles. The lowest BCUT2D eigenvalue weighted by Crippen LogP contribution is -2.45. The molecule has 6 rings (SSSR count). The summed E-state index contributed by atoms with van der Waals surface area (Å²) in [6.07, 6.45) is 3.94. The number of H-pyrrole nitrogens is 2. The van der Waals surface area contributed by atoms with Crippen LogP contribution in [0.2, 0.25) is 0 Å². The number of nitrogen functional groups attached to an aromatic ring is 2. The third-order valence-electron chi connectivity index (χ3n) is 9.24. The average Bonchev–Trinajstić information content (AvgIpc) is 3.94.